The number of carbonyl (C=O) groups excluding carboxylic acids is 1. The Labute approximate surface area is 93.2 Å². The van der Waals surface area contributed by atoms with E-state index < -0.39 is 0 Å². The highest BCUT2D eigenvalue weighted by molar-refractivity contribution is 5.79. The average Bonchev–Trinajstić information content (AvgIpc) is 2.54. The summed E-state index contributed by atoms with van der Waals surface area (Å²) in [5, 5.41) is 3.23. The lowest BCUT2D eigenvalue weighted by Gasteiger charge is -2.21. The van der Waals surface area contributed by atoms with Crippen LogP contribution in [0.5, 0.6) is 0 Å². The van der Waals surface area contributed by atoms with Crippen molar-refractivity contribution in [2.24, 2.45) is 17.8 Å². The Balaban J connectivity index is 2.40. The molecular formula is C12H24N2O. The molecule has 0 aromatic rings. The number of hydrogen-bond donors (Lipinski definition) is 1. The number of hydrogen-bond acceptors (Lipinski definition) is 2. The van der Waals surface area contributed by atoms with E-state index in [9.17, 15) is 4.79 Å². The van der Waals surface area contributed by atoms with Gasteiger partial charge >= 0.3 is 0 Å². The van der Waals surface area contributed by atoms with Crippen LogP contribution in [0.2, 0.25) is 0 Å². The van der Waals surface area contributed by atoms with Gasteiger partial charge in [0.05, 0.1) is 0 Å². The van der Waals surface area contributed by atoms with Crippen molar-refractivity contribution in [2.75, 3.05) is 26.2 Å². The third-order valence-electron chi connectivity index (χ3n) is 3.42. The molecule has 3 atom stereocenters. The summed E-state index contributed by atoms with van der Waals surface area (Å²) < 4.78 is 0. The van der Waals surface area contributed by atoms with Crippen LogP contribution in [0.4, 0.5) is 0 Å². The molecule has 88 valence electrons. The van der Waals surface area contributed by atoms with Crippen LogP contribution in [0.15, 0.2) is 0 Å². The van der Waals surface area contributed by atoms with Crippen molar-refractivity contribution in [2.45, 2.75) is 27.7 Å². The first kappa shape index (κ1) is 12.5. The zero-order valence-corrected chi connectivity index (χ0v) is 10.4. The molecule has 0 radical (unpaired) electrons. The zero-order valence-electron chi connectivity index (χ0n) is 10.4. The predicted molar refractivity (Wildman–Crippen MR) is 62.6 cm³/mol. The Morgan fingerprint density at radius 2 is 1.93 bits per heavy atom. The Hall–Kier alpha value is -0.570. The van der Waals surface area contributed by atoms with Gasteiger partial charge in [0.15, 0.2) is 0 Å². The fraction of sp³-hybridized carbons (Fsp3) is 0.917. The summed E-state index contributed by atoms with van der Waals surface area (Å²) in [6.45, 7) is 12.2. The Kier molecular flexibility index (Phi) is 4.58. The molecule has 1 saturated heterocycles. The van der Waals surface area contributed by atoms with Gasteiger partial charge in [0, 0.05) is 25.6 Å². The lowest BCUT2D eigenvalue weighted by Crippen LogP contribution is -2.37. The van der Waals surface area contributed by atoms with E-state index in [4.69, 9.17) is 0 Å². The van der Waals surface area contributed by atoms with Crippen LogP contribution in [-0.2, 0) is 4.79 Å². The Morgan fingerprint density at radius 1 is 1.40 bits per heavy atom. The molecule has 0 bridgehead atoms. The van der Waals surface area contributed by atoms with Gasteiger partial charge < -0.3 is 10.2 Å². The summed E-state index contributed by atoms with van der Waals surface area (Å²) >= 11 is 0. The quantitative estimate of drug-likeness (QED) is 0.763. The van der Waals surface area contributed by atoms with Crippen LogP contribution >= 0.6 is 0 Å². The van der Waals surface area contributed by atoms with E-state index in [1.165, 1.54) is 0 Å². The molecule has 3 unspecified atom stereocenters. The molecule has 1 aliphatic heterocycles. The highest BCUT2D eigenvalue weighted by Gasteiger charge is 2.31. The number of carbonyl (C=O) groups is 1. The van der Waals surface area contributed by atoms with E-state index in [2.05, 4.69) is 26.1 Å². The third kappa shape index (κ3) is 3.20. The summed E-state index contributed by atoms with van der Waals surface area (Å²) in [6.07, 6.45) is 0. The van der Waals surface area contributed by atoms with E-state index in [1.807, 2.05) is 11.8 Å². The van der Waals surface area contributed by atoms with Crippen molar-refractivity contribution in [3.05, 3.63) is 0 Å². The van der Waals surface area contributed by atoms with E-state index in [0.29, 0.717) is 17.7 Å². The van der Waals surface area contributed by atoms with Crippen LogP contribution in [0.25, 0.3) is 0 Å². The van der Waals surface area contributed by atoms with Crippen LogP contribution < -0.4 is 5.32 Å². The number of nitrogens with one attached hydrogen (secondary N) is 1. The summed E-state index contributed by atoms with van der Waals surface area (Å²) in [7, 11) is 0. The lowest BCUT2D eigenvalue weighted by molar-refractivity contribution is -0.134. The highest BCUT2D eigenvalue weighted by Crippen LogP contribution is 2.23. The molecule has 1 rings (SSSR count). The highest BCUT2D eigenvalue weighted by atomic mass is 16.2. The molecule has 1 amide bonds. The summed E-state index contributed by atoms with van der Waals surface area (Å²) in [5.41, 5.74) is 0. The van der Waals surface area contributed by atoms with Crippen LogP contribution in [0, 0.1) is 17.8 Å². The molecular weight excluding hydrogens is 188 g/mol. The Bertz CT molecular complexity index is 208. The molecule has 0 spiro atoms. The molecule has 1 heterocycles. The molecule has 0 aliphatic carbocycles. The fourth-order valence-corrected chi connectivity index (χ4v) is 2.07. The maximum absolute atomic E-state index is 12.0. The standard InChI is InChI=1S/C12H24N2O/c1-5-13-6-9(2)12(15)14-7-10(3)11(4)8-14/h9-11,13H,5-8H2,1-4H3. The minimum atomic E-state index is 0.113. The zero-order chi connectivity index (χ0) is 11.4. The van der Waals surface area contributed by atoms with Gasteiger partial charge in [-0.1, -0.05) is 27.7 Å². The second-order valence-corrected chi connectivity index (χ2v) is 4.91. The number of likely N-dealkylation sites (tertiary alicyclic amines) is 1. The monoisotopic (exact) mass is 212 g/mol. The molecule has 3 heteroatoms. The topological polar surface area (TPSA) is 32.3 Å². The Morgan fingerprint density at radius 3 is 2.40 bits per heavy atom. The maximum Gasteiger partial charge on any atom is 0.226 e. The van der Waals surface area contributed by atoms with Crippen molar-refractivity contribution < 1.29 is 4.79 Å². The molecule has 3 nitrogen and oxygen atoms in total. The minimum absolute atomic E-state index is 0.113. The van der Waals surface area contributed by atoms with Gasteiger partial charge in [-0.15, -0.1) is 0 Å². The fourth-order valence-electron chi connectivity index (χ4n) is 2.07. The summed E-state index contributed by atoms with van der Waals surface area (Å²) in [4.78, 5) is 14.1. The minimum Gasteiger partial charge on any atom is -0.342 e. The molecule has 1 N–H and O–H groups in total. The van der Waals surface area contributed by atoms with Gasteiger partial charge in [0.25, 0.3) is 0 Å². The van der Waals surface area contributed by atoms with Crippen LogP contribution in [0.1, 0.15) is 27.7 Å². The van der Waals surface area contributed by atoms with Gasteiger partial charge in [0.1, 0.15) is 0 Å². The molecule has 0 aromatic carbocycles. The average molecular weight is 212 g/mol. The summed E-state index contributed by atoms with van der Waals surface area (Å²) in [6, 6.07) is 0. The number of amides is 1. The first-order valence-corrected chi connectivity index (χ1v) is 6.05. The SMILES string of the molecule is CCNCC(C)C(=O)N1CC(C)C(C)C1. The van der Waals surface area contributed by atoms with Crippen molar-refractivity contribution in [1.82, 2.24) is 10.2 Å². The van der Waals surface area contributed by atoms with Crippen LogP contribution in [-0.4, -0.2) is 37.0 Å². The third-order valence-corrected chi connectivity index (χ3v) is 3.42. The second kappa shape index (κ2) is 5.50. The normalized spacial score (nSPS) is 28.1. The van der Waals surface area contributed by atoms with E-state index >= 15 is 0 Å². The van der Waals surface area contributed by atoms with Crippen molar-refractivity contribution >= 4 is 5.91 Å². The van der Waals surface area contributed by atoms with Crippen molar-refractivity contribution in [3.8, 4) is 0 Å². The summed E-state index contributed by atoms with van der Waals surface area (Å²) in [5.74, 6) is 1.73. The molecule has 1 fully saturated rings. The smallest absolute Gasteiger partial charge is 0.226 e. The van der Waals surface area contributed by atoms with Crippen molar-refractivity contribution in [1.29, 1.82) is 0 Å². The van der Waals surface area contributed by atoms with Gasteiger partial charge in [-0.3, -0.25) is 4.79 Å². The first-order chi connectivity index (χ1) is 7.06. The predicted octanol–water partition coefficient (Wildman–Crippen LogP) is 1.35. The van der Waals surface area contributed by atoms with Gasteiger partial charge in [0.2, 0.25) is 5.91 Å². The van der Waals surface area contributed by atoms with Crippen molar-refractivity contribution in [3.63, 3.8) is 0 Å². The van der Waals surface area contributed by atoms with Gasteiger partial charge in [-0.05, 0) is 18.4 Å². The number of rotatable bonds is 4. The van der Waals surface area contributed by atoms with E-state index in [-0.39, 0.29) is 5.92 Å². The molecule has 15 heavy (non-hydrogen) atoms. The maximum atomic E-state index is 12.0. The first-order valence-electron chi connectivity index (χ1n) is 6.05. The van der Waals surface area contributed by atoms with E-state index in [1.54, 1.807) is 0 Å². The molecule has 1 aliphatic rings. The van der Waals surface area contributed by atoms with E-state index in [0.717, 1.165) is 26.2 Å². The number of nitrogens with zero attached hydrogens (tertiary/aromatic N) is 1. The second-order valence-electron chi connectivity index (χ2n) is 4.91. The largest absolute Gasteiger partial charge is 0.342 e. The van der Waals surface area contributed by atoms with Gasteiger partial charge in [-0.2, -0.15) is 0 Å². The molecule has 0 saturated carbocycles. The lowest BCUT2D eigenvalue weighted by atomic mass is 10.0. The van der Waals surface area contributed by atoms with Crippen LogP contribution in [0.3, 0.4) is 0 Å². The van der Waals surface area contributed by atoms with Gasteiger partial charge in [-0.25, -0.2) is 0 Å². The molecule has 0 aromatic heterocycles.